The molecule has 5 heteroatoms. The predicted octanol–water partition coefficient (Wildman–Crippen LogP) is 2.10. The van der Waals surface area contributed by atoms with Gasteiger partial charge >= 0.3 is 5.97 Å². The highest BCUT2D eigenvalue weighted by Crippen LogP contribution is 2.26. The summed E-state index contributed by atoms with van der Waals surface area (Å²) in [4.78, 5) is 21.8. The molecule has 0 radical (unpaired) electrons. The zero-order chi connectivity index (χ0) is 11.9. The van der Waals surface area contributed by atoms with Gasteiger partial charge in [0.2, 0.25) is 0 Å². The van der Waals surface area contributed by atoms with Gasteiger partial charge in [-0.25, -0.2) is 4.79 Å². The second-order valence-corrected chi connectivity index (χ2v) is 3.86. The standard InChI is InChI=1S/C11H8ClNO3/c1-13-5-8(12)7-4-6(2-3-9(7)13)10(14)11(15)16/h2-5H,1H3,(H,15,16). The first-order chi connectivity index (χ1) is 7.50. The Hall–Kier alpha value is -1.81. The second-order valence-electron chi connectivity index (χ2n) is 3.45. The van der Waals surface area contributed by atoms with E-state index in [0.29, 0.717) is 10.4 Å². The summed E-state index contributed by atoms with van der Waals surface area (Å²) in [5.74, 6) is -2.40. The van der Waals surface area contributed by atoms with E-state index in [-0.39, 0.29) is 5.56 Å². The smallest absolute Gasteiger partial charge is 0.377 e. The number of fused-ring (bicyclic) bond motifs is 1. The van der Waals surface area contributed by atoms with Gasteiger partial charge in [0.1, 0.15) is 0 Å². The molecule has 0 unspecified atom stereocenters. The van der Waals surface area contributed by atoms with E-state index in [4.69, 9.17) is 16.7 Å². The summed E-state index contributed by atoms with van der Waals surface area (Å²) >= 11 is 5.95. The lowest BCUT2D eigenvalue weighted by molar-refractivity contribution is -0.131. The Kier molecular flexibility index (Phi) is 2.44. The minimum atomic E-state index is -1.47. The normalized spacial score (nSPS) is 10.6. The molecule has 0 fully saturated rings. The van der Waals surface area contributed by atoms with Crippen molar-refractivity contribution in [2.24, 2.45) is 7.05 Å². The van der Waals surface area contributed by atoms with Crippen LogP contribution < -0.4 is 0 Å². The first-order valence-electron chi connectivity index (χ1n) is 4.53. The van der Waals surface area contributed by atoms with Crippen molar-refractivity contribution in [3.63, 3.8) is 0 Å². The summed E-state index contributed by atoms with van der Waals surface area (Å²) in [7, 11) is 1.83. The van der Waals surface area contributed by atoms with E-state index in [9.17, 15) is 9.59 Å². The molecule has 0 saturated heterocycles. The molecule has 0 bridgehead atoms. The van der Waals surface area contributed by atoms with Crippen LogP contribution in [-0.4, -0.2) is 21.4 Å². The summed E-state index contributed by atoms with van der Waals surface area (Å²) in [6, 6.07) is 4.65. The van der Waals surface area contributed by atoms with Crippen LogP contribution in [0.15, 0.2) is 24.4 Å². The van der Waals surface area contributed by atoms with Gasteiger partial charge in [-0.2, -0.15) is 0 Å². The van der Waals surface area contributed by atoms with Gasteiger partial charge in [-0.3, -0.25) is 4.79 Å². The van der Waals surface area contributed by atoms with Crippen molar-refractivity contribution >= 4 is 34.3 Å². The number of hydrogen-bond acceptors (Lipinski definition) is 2. The maximum absolute atomic E-state index is 11.3. The third-order valence-corrected chi connectivity index (χ3v) is 2.70. The predicted molar refractivity (Wildman–Crippen MR) is 59.9 cm³/mol. The van der Waals surface area contributed by atoms with E-state index < -0.39 is 11.8 Å². The van der Waals surface area contributed by atoms with Crippen LogP contribution in [0.5, 0.6) is 0 Å². The Morgan fingerprint density at radius 2 is 2.06 bits per heavy atom. The van der Waals surface area contributed by atoms with Gasteiger partial charge in [-0.15, -0.1) is 0 Å². The van der Waals surface area contributed by atoms with Crippen molar-refractivity contribution < 1.29 is 14.7 Å². The Balaban J connectivity index is 2.64. The van der Waals surface area contributed by atoms with E-state index in [2.05, 4.69) is 0 Å². The van der Waals surface area contributed by atoms with Crippen molar-refractivity contribution in [2.75, 3.05) is 0 Å². The van der Waals surface area contributed by atoms with Crippen LogP contribution in [0.1, 0.15) is 10.4 Å². The number of carbonyl (C=O) groups is 2. The summed E-state index contributed by atoms with van der Waals surface area (Å²) in [5, 5.41) is 9.77. The van der Waals surface area contributed by atoms with E-state index in [1.807, 2.05) is 11.6 Å². The molecule has 0 aliphatic carbocycles. The molecule has 1 N–H and O–H groups in total. The number of benzene rings is 1. The van der Waals surface area contributed by atoms with Crippen LogP contribution in [0, 0.1) is 0 Å². The highest BCUT2D eigenvalue weighted by atomic mass is 35.5. The Morgan fingerprint density at radius 1 is 1.38 bits per heavy atom. The second kappa shape index (κ2) is 3.64. The number of aryl methyl sites for hydroxylation is 1. The van der Waals surface area contributed by atoms with Crippen LogP contribution >= 0.6 is 11.6 Å². The summed E-state index contributed by atoms with van der Waals surface area (Å²) in [6.45, 7) is 0. The van der Waals surface area contributed by atoms with Gasteiger partial charge < -0.3 is 9.67 Å². The number of nitrogens with zero attached hydrogens (tertiary/aromatic N) is 1. The van der Waals surface area contributed by atoms with Crippen LogP contribution in [0.4, 0.5) is 0 Å². The number of rotatable bonds is 2. The van der Waals surface area contributed by atoms with Crippen LogP contribution in [-0.2, 0) is 11.8 Å². The molecule has 4 nitrogen and oxygen atoms in total. The summed E-state index contributed by atoms with van der Waals surface area (Å²) in [5.41, 5.74) is 0.986. The van der Waals surface area contributed by atoms with Crippen molar-refractivity contribution in [1.29, 1.82) is 0 Å². The lowest BCUT2D eigenvalue weighted by Crippen LogP contribution is -2.12. The number of hydrogen-bond donors (Lipinski definition) is 1. The van der Waals surface area contributed by atoms with Gasteiger partial charge in [-0.05, 0) is 18.2 Å². The largest absolute Gasteiger partial charge is 0.475 e. The number of halogens is 1. The van der Waals surface area contributed by atoms with Gasteiger partial charge in [-0.1, -0.05) is 11.6 Å². The number of Topliss-reactive ketones (excluding diaryl/α,β-unsaturated/α-hetero) is 1. The molecule has 2 aromatic rings. The molecule has 1 aromatic carbocycles. The first-order valence-corrected chi connectivity index (χ1v) is 4.90. The van der Waals surface area contributed by atoms with E-state index >= 15 is 0 Å². The molecule has 0 spiro atoms. The first kappa shape index (κ1) is 10.7. The molecule has 82 valence electrons. The van der Waals surface area contributed by atoms with Crippen molar-refractivity contribution in [2.45, 2.75) is 0 Å². The third kappa shape index (κ3) is 1.57. The number of ketones is 1. The molecule has 2 rings (SSSR count). The van der Waals surface area contributed by atoms with E-state index in [0.717, 1.165) is 5.52 Å². The number of aromatic nitrogens is 1. The number of carbonyl (C=O) groups excluding carboxylic acids is 1. The molecule has 0 aliphatic rings. The molecule has 0 aliphatic heterocycles. The lowest BCUT2D eigenvalue weighted by atomic mass is 10.1. The molecule has 0 amide bonds. The van der Waals surface area contributed by atoms with Crippen molar-refractivity contribution in [1.82, 2.24) is 4.57 Å². The number of carboxylic acids is 1. The van der Waals surface area contributed by atoms with Crippen molar-refractivity contribution in [3.05, 3.63) is 35.0 Å². The molecule has 16 heavy (non-hydrogen) atoms. The number of aliphatic carboxylic acids is 1. The van der Waals surface area contributed by atoms with Gasteiger partial charge in [0, 0.05) is 29.7 Å². The molecular formula is C11H8ClNO3. The van der Waals surface area contributed by atoms with Gasteiger partial charge in [0.25, 0.3) is 5.78 Å². The monoisotopic (exact) mass is 237 g/mol. The van der Waals surface area contributed by atoms with Crippen molar-refractivity contribution in [3.8, 4) is 0 Å². The number of carboxylic acid groups (broad SMARTS) is 1. The highest BCUT2D eigenvalue weighted by molar-refractivity contribution is 6.41. The quantitative estimate of drug-likeness (QED) is 0.643. The minimum Gasteiger partial charge on any atom is -0.475 e. The molecular weight excluding hydrogens is 230 g/mol. The Bertz CT molecular complexity index is 601. The zero-order valence-corrected chi connectivity index (χ0v) is 9.15. The molecule has 1 heterocycles. The third-order valence-electron chi connectivity index (χ3n) is 2.40. The maximum atomic E-state index is 11.3. The fourth-order valence-electron chi connectivity index (χ4n) is 1.61. The average Bonchev–Trinajstić information content (AvgIpc) is 2.53. The molecule has 1 aromatic heterocycles. The average molecular weight is 238 g/mol. The summed E-state index contributed by atoms with van der Waals surface area (Å²) < 4.78 is 1.81. The fraction of sp³-hybridized carbons (Fsp3) is 0.0909. The Morgan fingerprint density at radius 3 is 2.69 bits per heavy atom. The molecule has 0 atom stereocenters. The maximum Gasteiger partial charge on any atom is 0.377 e. The van der Waals surface area contributed by atoms with E-state index in [1.54, 1.807) is 12.3 Å². The van der Waals surface area contributed by atoms with Crippen LogP contribution in [0.3, 0.4) is 0 Å². The highest BCUT2D eigenvalue weighted by Gasteiger charge is 2.16. The summed E-state index contributed by atoms with van der Waals surface area (Å²) in [6.07, 6.45) is 1.71. The SMILES string of the molecule is Cn1cc(Cl)c2cc(C(=O)C(=O)O)ccc21. The van der Waals surface area contributed by atoms with Crippen LogP contribution in [0.2, 0.25) is 5.02 Å². The van der Waals surface area contributed by atoms with E-state index in [1.165, 1.54) is 12.1 Å². The fourth-order valence-corrected chi connectivity index (χ4v) is 1.91. The molecule has 0 saturated carbocycles. The zero-order valence-electron chi connectivity index (χ0n) is 8.40. The van der Waals surface area contributed by atoms with Crippen LogP contribution in [0.25, 0.3) is 10.9 Å². The lowest BCUT2D eigenvalue weighted by Gasteiger charge is -1.98. The Labute approximate surface area is 96.0 Å². The van der Waals surface area contributed by atoms with Gasteiger partial charge in [0.15, 0.2) is 0 Å². The van der Waals surface area contributed by atoms with Gasteiger partial charge in [0.05, 0.1) is 5.02 Å². The minimum absolute atomic E-state index is 0.133. The topological polar surface area (TPSA) is 59.3 Å².